The Balaban J connectivity index is 2.64. The minimum absolute atomic E-state index is 0.278. The Labute approximate surface area is 116 Å². The van der Waals surface area contributed by atoms with Crippen LogP contribution in [0, 0.1) is 5.82 Å². The van der Waals surface area contributed by atoms with Crippen LogP contribution in [0.25, 0.3) is 0 Å². The molecule has 0 aliphatic heterocycles. The van der Waals surface area contributed by atoms with E-state index >= 15 is 0 Å². The molecule has 0 saturated carbocycles. The lowest BCUT2D eigenvalue weighted by Crippen LogP contribution is -2.26. The minimum Gasteiger partial charge on any atom is -0.298 e. The topological polar surface area (TPSA) is 3.24 Å². The molecule has 17 heavy (non-hydrogen) atoms. The Kier molecular flexibility index (Phi) is 7.09. The van der Waals surface area contributed by atoms with Crippen LogP contribution in [-0.4, -0.2) is 23.3 Å². The summed E-state index contributed by atoms with van der Waals surface area (Å²) in [5.74, 6) is -0.278. The first-order valence-electron chi connectivity index (χ1n) is 5.89. The standard InChI is InChI=1S/C13H18BrClFN/c1-2-3-7-17(8-6-14)10-11-4-5-12(16)9-13(11)15/h4-5,9H,2-3,6-8,10H2,1H3. The summed E-state index contributed by atoms with van der Waals surface area (Å²) in [5.41, 5.74) is 0.991. The summed E-state index contributed by atoms with van der Waals surface area (Å²) >= 11 is 9.48. The third-order valence-electron chi connectivity index (χ3n) is 2.64. The smallest absolute Gasteiger partial charge is 0.124 e. The zero-order chi connectivity index (χ0) is 12.7. The Bertz CT molecular complexity index is 346. The Morgan fingerprint density at radius 1 is 1.35 bits per heavy atom. The maximum absolute atomic E-state index is 12.9. The Morgan fingerprint density at radius 2 is 2.12 bits per heavy atom. The molecule has 1 rings (SSSR count). The van der Waals surface area contributed by atoms with E-state index in [0.717, 1.165) is 30.5 Å². The highest BCUT2D eigenvalue weighted by atomic mass is 79.9. The molecule has 0 fully saturated rings. The third-order valence-corrected chi connectivity index (χ3v) is 3.34. The lowest BCUT2D eigenvalue weighted by Gasteiger charge is -2.21. The predicted molar refractivity (Wildman–Crippen MR) is 75.4 cm³/mol. The largest absolute Gasteiger partial charge is 0.298 e. The van der Waals surface area contributed by atoms with Crippen LogP contribution in [0.5, 0.6) is 0 Å². The van der Waals surface area contributed by atoms with Crippen molar-refractivity contribution in [2.45, 2.75) is 26.3 Å². The van der Waals surface area contributed by atoms with Crippen molar-refractivity contribution in [2.24, 2.45) is 0 Å². The molecule has 0 amide bonds. The van der Waals surface area contributed by atoms with Crippen LogP contribution >= 0.6 is 27.5 Å². The predicted octanol–water partition coefficient (Wildman–Crippen LogP) is 4.48. The number of hydrogen-bond acceptors (Lipinski definition) is 1. The summed E-state index contributed by atoms with van der Waals surface area (Å²) in [4.78, 5) is 2.33. The highest BCUT2D eigenvalue weighted by Gasteiger charge is 2.08. The summed E-state index contributed by atoms with van der Waals surface area (Å²) in [5, 5.41) is 1.45. The van der Waals surface area contributed by atoms with Gasteiger partial charge in [0.1, 0.15) is 5.82 Å². The van der Waals surface area contributed by atoms with E-state index in [1.807, 2.05) is 0 Å². The molecule has 0 radical (unpaired) electrons. The molecule has 0 atom stereocenters. The van der Waals surface area contributed by atoms with Gasteiger partial charge in [-0.3, -0.25) is 4.90 Å². The molecular formula is C13H18BrClFN. The molecule has 0 spiro atoms. The lowest BCUT2D eigenvalue weighted by molar-refractivity contribution is 0.278. The van der Waals surface area contributed by atoms with Crippen molar-refractivity contribution in [1.82, 2.24) is 4.90 Å². The van der Waals surface area contributed by atoms with Crippen molar-refractivity contribution in [1.29, 1.82) is 0 Å². The van der Waals surface area contributed by atoms with Gasteiger partial charge in [0.05, 0.1) is 0 Å². The molecule has 0 saturated heterocycles. The molecule has 96 valence electrons. The Hall–Kier alpha value is -0.120. The third kappa shape index (κ3) is 5.36. The van der Waals surface area contributed by atoms with E-state index in [4.69, 9.17) is 11.6 Å². The summed E-state index contributed by atoms with van der Waals surface area (Å²) in [6.07, 6.45) is 2.35. The Morgan fingerprint density at radius 3 is 2.71 bits per heavy atom. The molecule has 0 aliphatic rings. The second-order valence-corrected chi connectivity index (χ2v) is 5.25. The van der Waals surface area contributed by atoms with Crippen molar-refractivity contribution in [2.75, 3.05) is 18.4 Å². The normalized spacial score (nSPS) is 11.1. The van der Waals surface area contributed by atoms with Gasteiger partial charge in [0.15, 0.2) is 0 Å². The van der Waals surface area contributed by atoms with Gasteiger partial charge in [-0.1, -0.05) is 46.9 Å². The molecule has 1 aromatic rings. The first-order valence-corrected chi connectivity index (χ1v) is 7.39. The SMILES string of the molecule is CCCCN(CCBr)Cc1ccc(F)cc1Cl. The molecule has 4 heteroatoms. The maximum atomic E-state index is 12.9. The maximum Gasteiger partial charge on any atom is 0.124 e. The van der Waals surface area contributed by atoms with Crippen LogP contribution in [0.4, 0.5) is 4.39 Å². The molecule has 1 nitrogen and oxygen atoms in total. The summed E-state index contributed by atoms with van der Waals surface area (Å²) in [6.45, 7) is 4.99. The van der Waals surface area contributed by atoms with Crippen molar-refractivity contribution in [3.05, 3.63) is 34.6 Å². The fourth-order valence-electron chi connectivity index (χ4n) is 1.66. The van der Waals surface area contributed by atoms with E-state index in [-0.39, 0.29) is 5.82 Å². The summed E-state index contributed by atoms with van der Waals surface area (Å²) < 4.78 is 12.9. The van der Waals surface area contributed by atoms with Crippen LogP contribution in [0.15, 0.2) is 18.2 Å². The summed E-state index contributed by atoms with van der Waals surface area (Å²) in [7, 11) is 0. The van der Waals surface area contributed by atoms with Gasteiger partial charge in [0, 0.05) is 23.4 Å². The number of rotatable bonds is 7. The fraction of sp³-hybridized carbons (Fsp3) is 0.538. The highest BCUT2D eigenvalue weighted by molar-refractivity contribution is 9.09. The molecule has 1 aromatic carbocycles. The molecular weight excluding hydrogens is 305 g/mol. The zero-order valence-electron chi connectivity index (χ0n) is 10.1. The molecule has 0 N–H and O–H groups in total. The van der Waals surface area contributed by atoms with Crippen LogP contribution in [0.3, 0.4) is 0 Å². The van der Waals surface area contributed by atoms with Crippen LogP contribution in [0.2, 0.25) is 5.02 Å². The van der Waals surface area contributed by atoms with E-state index in [1.165, 1.54) is 25.0 Å². The first-order chi connectivity index (χ1) is 8.17. The number of unbranched alkanes of at least 4 members (excludes halogenated alkanes) is 1. The van der Waals surface area contributed by atoms with Gasteiger partial charge < -0.3 is 0 Å². The number of benzene rings is 1. The molecule has 0 unspecified atom stereocenters. The van der Waals surface area contributed by atoms with Gasteiger partial charge in [-0.25, -0.2) is 4.39 Å². The van der Waals surface area contributed by atoms with Gasteiger partial charge in [-0.15, -0.1) is 0 Å². The second kappa shape index (κ2) is 8.06. The van der Waals surface area contributed by atoms with Crippen LogP contribution in [0.1, 0.15) is 25.3 Å². The first kappa shape index (κ1) is 14.9. The number of hydrogen-bond donors (Lipinski definition) is 0. The van der Waals surface area contributed by atoms with E-state index < -0.39 is 0 Å². The van der Waals surface area contributed by atoms with Crippen molar-refractivity contribution in [3.63, 3.8) is 0 Å². The zero-order valence-corrected chi connectivity index (χ0v) is 12.4. The van der Waals surface area contributed by atoms with E-state index in [2.05, 4.69) is 27.8 Å². The van der Waals surface area contributed by atoms with Gasteiger partial charge in [-0.2, -0.15) is 0 Å². The molecule has 0 bridgehead atoms. The van der Waals surface area contributed by atoms with Gasteiger partial charge in [-0.05, 0) is 30.7 Å². The number of nitrogens with zero attached hydrogens (tertiary/aromatic N) is 1. The minimum atomic E-state index is -0.278. The van der Waals surface area contributed by atoms with E-state index in [0.29, 0.717) is 5.02 Å². The molecule has 0 heterocycles. The molecule has 0 aliphatic carbocycles. The van der Waals surface area contributed by atoms with Gasteiger partial charge >= 0.3 is 0 Å². The quantitative estimate of drug-likeness (QED) is 0.669. The fourth-order valence-corrected chi connectivity index (χ4v) is 2.39. The average molecular weight is 323 g/mol. The van der Waals surface area contributed by atoms with Gasteiger partial charge in [0.25, 0.3) is 0 Å². The molecule has 0 aromatic heterocycles. The monoisotopic (exact) mass is 321 g/mol. The van der Waals surface area contributed by atoms with Gasteiger partial charge in [0.2, 0.25) is 0 Å². The van der Waals surface area contributed by atoms with E-state index in [1.54, 1.807) is 6.07 Å². The second-order valence-electron chi connectivity index (χ2n) is 4.05. The highest BCUT2D eigenvalue weighted by Crippen LogP contribution is 2.19. The van der Waals surface area contributed by atoms with Crippen LogP contribution in [-0.2, 0) is 6.54 Å². The van der Waals surface area contributed by atoms with Crippen molar-refractivity contribution >= 4 is 27.5 Å². The summed E-state index contributed by atoms with van der Waals surface area (Å²) in [6, 6.07) is 4.61. The lowest BCUT2D eigenvalue weighted by atomic mass is 10.2. The van der Waals surface area contributed by atoms with E-state index in [9.17, 15) is 4.39 Å². The number of halogens is 3. The van der Waals surface area contributed by atoms with Crippen molar-refractivity contribution in [3.8, 4) is 0 Å². The van der Waals surface area contributed by atoms with Crippen LogP contribution < -0.4 is 0 Å². The number of alkyl halides is 1. The van der Waals surface area contributed by atoms with Crippen molar-refractivity contribution < 1.29 is 4.39 Å². The average Bonchev–Trinajstić information content (AvgIpc) is 2.29.